The monoisotopic (exact) mass is 244 g/mol. The van der Waals surface area contributed by atoms with E-state index in [0.717, 1.165) is 0 Å². The van der Waals surface area contributed by atoms with Crippen LogP contribution in [0.5, 0.6) is 0 Å². The summed E-state index contributed by atoms with van der Waals surface area (Å²) in [7, 11) is 0. The maximum Gasteiger partial charge on any atom is 0.303 e. The first-order chi connectivity index (χ1) is 7.20. The van der Waals surface area contributed by atoms with Crippen LogP contribution in [0.2, 0.25) is 0 Å². The Hall–Kier alpha value is -1.62. The quantitative estimate of drug-likeness (QED) is 0.760. The van der Waals surface area contributed by atoms with Crippen LogP contribution in [0.25, 0.3) is 0 Å². The second kappa shape index (κ2) is 7.64. The van der Waals surface area contributed by atoms with Crippen molar-refractivity contribution < 1.29 is 14.7 Å². The van der Waals surface area contributed by atoms with E-state index < -0.39 is 5.97 Å². The molecular weight excluding hydrogens is 232 g/mol. The lowest BCUT2D eigenvalue weighted by Crippen LogP contribution is -2.24. The summed E-state index contributed by atoms with van der Waals surface area (Å²) >= 11 is 0. The van der Waals surface area contributed by atoms with Crippen LogP contribution < -0.4 is 5.32 Å². The molecule has 0 aliphatic carbocycles. The number of hydrogen-bond acceptors (Lipinski definition) is 3. The maximum absolute atomic E-state index is 11.4. The van der Waals surface area contributed by atoms with Crippen molar-refractivity contribution in [3.05, 3.63) is 30.1 Å². The minimum absolute atomic E-state index is 0. The molecule has 0 atom stereocenters. The average molecular weight is 245 g/mol. The first-order valence-electron chi connectivity index (χ1n) is 4.60. The van der Waals surface area contributed by atoms with Crippen LogP contribution in [0.3, 0.4) is 0 Å². The molecule has 1 aromatic heterocycles. The molecule has 2 N–H and O–H groups in total. The fourth-order valence-corrected chi connectivity index (χ4v) is 1.04. The van der Waals surface area contributed by atoms with Gasteiger partial charge in [-0.1, -0.05) is 0 Å². The SMILES string of the molecule is Cl.O=C(O)CCCNC(=O)c1cccnc1. The molecule has 1 aromatic rings. The van der Waals surface area contributed by atoms with Gasteiger partial charge in [0.1, 0.15) is 0 Å². The largest absolute Gasteiger partial charge is 0.481 e. The van der Waals surface area contributed by atoms with Crippen molar-refractivity contribution in [2.24, 2.45) is 0 Å². The Labute approximate surface area is 99.3 Å². The Morgan fingerprint density at radius 3 is 2.75 bits per heavy atom. The summed E-state index contributed by atoms with van der Waals surface area (Å²) < 4.78 is 0. The topological polar surface area (TPSA) is 79.3 Å². The summed E-state index contributed by atoms with van der Waals surface area (Å²) in [6.07, 6.45) is 3.54. The molecule has 1 rings (SSSR count). The summed E-state index contributed by atoms with van der Waals surface area (Å²) in [4.78, 5) is 25.4. The minimum Gasteiger partial charge on any atom is -0.481 e. The Bertz CT molecular complexity index is 343. The van der Waals surface area contributed by atoms with Gasteiger partial charge in [-0.2, -0.15) is 0 Å². The summed E-state index contributed by atoms with van der Waals surface area (Å²) in [5.41, 5.74) is 0.479. The van der Waals surface area contributed by atoms with E-state index in [4.69, 9.17) is 5.11 Å². The van der Waals surface area contributed by atoms with E-state index in [1.807, 2.05) is 0 Å². The van der Waals surface area contributed by atoms with Gasteiger partial charge in [0, 0.05) is 25.4 Å². The van der Waals surface area contributed by atoms with E-state index >= 15 is 0 Å². The molecule has 5 nitrogen and oxygen atoms in total. The Kier molecular flexibility index (Phi) is 6.87. The average Bonchev–Trinajstić information content (AvgIpc) is 2.25. The number of carboxylic acids is 1. The molecule has 0 bridgehead atoms. The lowest BCUT2D eigenvalue weighted by atomic mass is 10.2. The van der Waals surface area contributed by atoms with Crippen molar-refractivity contribution in [3.63, 3.8) is 0 Å². The maximum atomic E-state index is 11.4. The van der Waals surface area contributed by atoms with E-state index in [1.54, 1.807) is 18.3 Å². The number of aromatic nitrogens is 1. The molecule has 0 saturated carbocycles. The van der Waals surface area contributed by atoms with Gasteiger partial charge in [-0.25, -0.2) is 0 Å². The van der Waals surface area contributed by atoms with E-state index in [-0.39, 0.29) is 24.7 Å². The second-order valence-electron chi connectivity index (χ2n) is 2.99. The van der Waals surface area contributed by atoms with Gasteiger partial charge < -0.3 is 10.4 Å². The Morgan fingerprint density at radius 2 is 2.19 bits per heavy atom. The second-order valence-corrected chi connectivity index (χ2v) is 2.99. The van der Waals surface area contributed by atoms with Crippen molar-refractivity contribution in [1.82, 2.24) is 10.3 Å². The summed E-state index contributed by atoms with van der Waals surface area (Å²) in [5, 5.41) is 11.0. The molecule has 0 radical (unpaired) electrons. The fourth-order valence-electron chi connectivity index (χ4n) is 1.04. The van der Waals surface area contributed by atoms with Gasteiger partial charge in [0.25, 0.3) is 5.91 Å². The molecule has 88 valence electrons. The predicted molar refractivity (Wildman–Crippen MR) is 60.7 cm³/mol. The van der Waals surface area contributed by atoms with Crippen LogP contribution in [-0.4, -0.2) is 28.5 Å². The van der Waals surface area contributed by atoms with Crippen molar-refractivity contribution >= 4 is 24.3 Å². The highest BCUT2D eigenvalue weighted by atomic mass is 35.5. The van der Waals surface area contributed by atoms with Gasteiger partial charge in [-0.3, -0.25) is 14.6 Å². The normalized spacial score (nSPS) is 9.00. The van der Waals surface area contributed by atoms with Gasteiger partial charge in [0.2, 0.25) is 0 Å². The molecule has 0 fully saturated rings. The smallest absolute Gasteiger partial charge is 0.303 e. The Balaban J connectivity index is 0.00000225. The molecule has 1 heterocycles. The number of hydrogen-bond donors (Lipinski definition) is 2. The van der Waals surface area contributed by atoms with Crippen LogP contribution in [0.4, 0.5) is 0 Å². The molecule has 0 aromatic carbocycles. The summed E-state index contributed by atoms with van der Waals surface area (Å²) in [6, 6.07) is 3.33. The molecular formula is C10H13ClN2O3. The third-order valence-electron chi connectivity index (χ3n) is 1.78. The van der Waals surface area contributed by atoms with E-state index in [1.165, 1.54) is 6.20 Å². The van der Waals surface area contributed by atoms with Crippen molar-refractivity contribution in [2.45, 2.75) is 12.8 Å². The van der Waals surface area contributed by atoms with E-state index in [0.29, 0.717) is 18.5 Å². The first kappa shape index (κ1) is 14.4. The molecule has 16 heavy (non-hydrogen) atoms. The summed E-state index contributed by atoms with van der Waals surface area (Å²) in [6.45, 7) is 0.361. The number of amides is 1. The summed E-state index contributed by atoms with van der Waals surface area (Å²) in [5.74, 6) is -1.08. The van der Waals surface area contributed by atoms with Gasteiger partial charge in [0.15, 0.2) is 0 Å². The molecule has 1 amide bonds. The molecule has 0 unspecified atom stereocenters. The van der Waals surface area contributed by atoms with Crippen LogP contribution in [0.1, 0.15) is 23.2 Å². The number of carboxylic acid groups (broad SMARTS) is 1. The molecule has 0 aliphatic rings. The molecule has 6 heteroatoms. The number of rotatable bonds is 5. The predicted octanol–water partition coefficient (Wildman–Crippen LogP) is 1.10. The van der Waals surface area contributed by atoms with Crippen LogP contribution in [0.15, 0.2) is 24.5 Å². The van der Waals surface area contributed by atoms with E-state index in [9.17, 15) is 9.59 Å². The van der Waals surface area contributed by atoms with Crippen molar-refractivity contribution in [1.29, 1.82) is 0 Å². The van der Waals surface area contributed by atoms with Gasteiger partial charge in [-0.05, 0) is 18.6 Å². The van der Waals surface area contributed by atoms with E-state index in [2.05, 4.69) is 10.3 Å². The number of pyridine rings is 1. The minimum atomic E-state index is -0.856. The lowest BCUT2D eigenvalue weighted by Gasteiger charge is -2.02. The zero-order valence-electron chi connectivity index (χ0n) is 8.55. The zero-order valence-corrected chi connectivity index (χ0v) is 9.37. The fraction of sp³-hybridized carbons (Fsp3) is 0.300. The highest BCUT2D eigenvalue weighted by Gasteiger charge is 2.04. The van der Waals surface area contributed by atoms with Crippen molar-refractivity contribution in [3.8, 4) is 0 Å². The van der Waals surface area contributed by atoms with Crippen molar-refractivity contribution in [2.75, 3.05) is 6.54 Å². The van der Waals surface area contributed by atoms with Crippen LogP contribution in [-0.2, 0) is 4.79 Å². The third-order valence-corrected chi connectivity index (χ3v) is 1.78. The third kappa shape index (κ3) is 5.31. The number of aliphatic carboxylic acids is 1. The highest BCUT2D eigenvalue weighted by molar-refractivity contribution is 5.93. The highest BCUT2D eigenvalue weighted by Crippen LogP contribution is 1.95. The molecule has 0 aliphatic heterocycles. The number of halogens is 1. The van der Waals surface area contributed by atoms with Crippen LogP contribution in [0, 0.1) is 0 Å². The molecule has 0 saturated heterocycles. The van der Waals surface area contributed by atoms with Gasteiger partial charge >= 0.3 is 5.97 Å². The van der Waals surface area contributed by atoms with Gasteiger partial charge in [-0.15, -0.1) is 12.4 Å². The van der Waals surface area contributed by atoms with Crippen LogP contribution >= 0.6 is 12.4 Å². The zero-order chi connectivity index (χ0) is 11.1. The number of nitrogens with one attached hydrogen (secondary N) is 1. The first-order valence-corrected chi connectivity index (χ1v) is 4.60. The number of nitrogens with zero attached hydrogens (tertiary/aromatic N) is 1. The Morgan fingerprint density at radius 1 is 1.44 bits per heavy atom. The van der Waals surface area contributed by atoms with Gasteiger partial charge in [0.05, 0.1) is 5.56 Å². The molecule has 0 spiro atoms. The standard InChI is InChI=1S/C10H12N2O3.ClH/c13-9(14)4-2-6-12-10(15)8-3-1-5-11-7-8;/h1,3,5,7H,2,4,6H2,(H,12,15)(H,13,14);1H. The number of carbonyl (C=O) groups excluding carboxylic acids is 1. The number of carbonyl (C=O) groups is 2. The lowest BCUT2D eigenvalue weighted by molar-refractivity contribution is -0.137.